The number of rotatable bonds is 7. The monoisotopic (exact) mass is 359 g/mol. The molecule has 5 nitrogen and oxygen atoms in total. The molecule has 25 heavy (non-hydrogen) atoms. The zero-order valence-corrected chi connectivity index (χ0v) is 15.1. The van der Waals surface area contributed by atoms with Crippen molar-refractivity contribution >= 4 is 34.8 Å². The fraction of sp³-hybridized carbons (Fsp3) is 0.263. The number of carbonyl (C=O) groups excluding carboxylic acids is 2. The topological polar surface area (TPSA) is 61.4 Å². The van der Waals surface area contributed by atoms with E-state index >= 15 is 0 Å². The van der Waals surface area contributed by atoms with Crippen molar-refractivity contribution in [2.24, 2.45) is 0 Å². The maximum atomic E-state index is 12.1. The van der Waals surface area contributed by atoms with Gasteiger partial charge in [0.1, 0.15) is 0 Å². The van der Waals surface area contributed by atoms with Crippen LogP contribution in [0.4, 0.5) is 11.4 Å². The van der Waals surface area contributed by atoms with Gasteiger partial charge in [0.15, 0.2) is 0 Å². The van der Waals surface area contributed by atoms with Gasteiger partial charge >= 0.3 is 0 Å². The highest BCUT2D eigenvalue weighted by Crippen LogP contribution is 2.13. The highest BCUT2D eigenvalue weighted by molar-refractivity contribution is 6.30. The molecule has 0 spiro atoms. The Kier molecular flexibility index (Phi) is 6.98. The number of hydrogen-bond donors (Lipinski definition) is 2. The summed E-state index contributed by atoms with van der Waals surface area (Å²) in [6, 6.07) is 14.6. The Labute approximate surface area is 153 Å². The van der Waals surface area contributed by atoms with Crippen molar-refractivity contribution in [3.63, 3.8) is 0 Å². The summed E-state index contributed by atoms with van der Waals surface area (Å²) in [5.41, 5.74) is 2.64. The third-order valence-electron chi connectivity index (χ3n) is 3.60. The standard InChI is InChI=1S/C19H22ClN3O2/c1-3-14-4-8-16(9-5-14)21-18(24)12-23(2)13-19(25)22-17-10-6-15(20)7-11-17/h4-11H,3,12-13H2,1-2H3,(H,21,24)(H,22,25). The van der Waals surface area contributed by atoms with Crippen molar-refractivity contribution in [1.82, 2.24) is 4.90 Å². The van der Waals surface area contributed by atoms with Crippen molar-refractivity contribution < 1.29 is 9.59 Å². The molecule has 0 bridgehead atoms. The zero-order valence-electron chi connectivity index (χ0n) is 14.4. The zero-order chi connectivity index (χ0) is 18.2. The minimum absolute atomic E-state index is 0.116. The van der Waals surface area contributed by atoms with Gasteiger partial charge in [-0.05, 0) is 55.4 Å². The van der Waals surface area contributed by atoms with Gasteiger partial charge in [-0.3, -0.25) is 14.5 Å². The molecule has 0 aliphatic rings. The first-order valence-electron chi connectivity index (χ1n) is 8.09. The van der Waals surface area contributed by atoms with Crippen LogP contribution >= 0.6 is 11.6 Å². The molecule has 2 aromatic rings. The number of amides is 2. The molecule has 2 aromatic carbocycles. The lowest BCUT2D eigenvalue weighted by Crippen LogP contribution is -2.36. The minimum atomic E-state index is -0.190. The molecular weight excluding hydrogens is 338 g/mol. The van der Waals surface area contributed by atoms with Crippen LogP contribution in [0.1, 0.15) is 12.5 Å². The van der Waals surface area contributed by atoms with E-state index in [9.17, 15) is 9.59 Å². The van der Waals surface area contributed by atoms with Gasteiger partial charge in [0, 0.05) is 16.4 Å². The minimum Gasteiger partial charge on any atom is -0.325 e. The summed E-state index contributed by atoms with van der Waals surface area (Å²) in [4.78, 5) is 25.7. The van der Waals surface area contributed by atoms with Gasteiger partial charge in [-0.1, -0.05) is 30.7 Å². The summed E-state index contributed by atoms with van der Waals surface area (Å²) in [5, 5.41) is 6.20. The molecule has 0 saturated heterocycles. The second-order valence-electron chi connectivity index (χ2n) is 5.83. The average Bonchev–Trinajstić information content (AvgIpc) is 2.57. The Hall–Kier alpha value is -2.37. The van der Waals surface area contributed by atoms with Crippen molar-refractivity contribution in [2.45, 2.75) is 13.3 Å². The number of hydrogen-bond acceptors (Lipinski definition) is 3. The van der Waals surface area contributed by atoms with E-state index in [0.29, 0.717) is 10.7 Å². The van der Waals surface area contributed by atoms with E-state index in [1.54, 1.807) is 36.2 Å². The highest BCUT2D eigenvalue weighted by Gasteiger charge is 2.11. The molecule has 0 aromatic heterocycles. The van der Waals surface area contributed by atoms with Crippen molar-refractivity contribution in [1.29, 1.82) is 0 Å². The lowest BCUT2D eigenvalue weighted by Gasteiger charge is -2.16. The number of carbonyl (C=O) groups is 2. The molecule has 0 aliphatic heterocycles. The maximum Gasteiger partial charge on any atom is 0.238 e. The third kappa shape index (κ3) is 6.57. The summed E-state index contributed by atoms with van der Waals surface area (Å²) < 4.78 is 0. The van der Waals surface area contributed by atoms with Gasteiger partial charge in [-0.2, -0.15) is 0 Å². The van der Waals surface area contributed by atoms with E-state index in [-0.39, 0.29) is 24.9 Å². The predicted octanol–water partition coefficient (Wildman–Crippen LogP) is 3.41. The van der Waals surface area contributed by atoms with Crippen molar-refractivity contribution in [3.05, 3.63) is 59.1 Å². The van der Waals surface area contributed by atoms with E-state index < -0.39 is 0 Å². The summed E-state index contributed by atoms with van der Waals surface area (Å²) in [6.45, 7) is 2.33. The van der Waals surface area contributed by atoms with Crippen LogP contribution in [-0.2, 0) is 16.0 Å². The van der Waals surface area contributed by atoms with Crippen molar-refractivity contribution in [2.75, 3.05) is 30.8 Å². The summed E-state index contributed by atoms with van der Waals surface area (Å²) in [6.07, 6.45) is 0.958. The normalized spacial score (nSPS) is 10.6. The molecule has 2 amide bonds. The fourth-order valence-corrected chi connectivity index (χ4v) is 2.43. The molecule has 2 rings (SSSR count). The van der Waals surface area contributed by atoms with E-state index in [1.165, 1.54) is 5.56 Å². The molecule has 2 N–H and O–H groups in total. The average molecular weight is 360 g/mol. The van der Waals surface area contributed by atoms with Gasteiger partial charge < -0.3 is 10.6 Å². The SMILES string of the molecule is CCc1ccc(NC(=O)CN(C)CC(=O)Nc2ccc(Cl)cc2)cc1. The highest BCUT2D eigenvalue weighted by atomic mass is 35.5. The number of aryl methyl sites for hydroxylation is 1. The molecule has 0 heterocycles. The van der Waals surface area contributed by atoms with Crippen LogP contribution in [0, 0.1) is 0 Å². The Morgan fingerprint density at radius 1 is 0.880 bits per heavy atom. The van der Waals surface area contributed by atoms with Crippen LogP contribution in [-0.4, -0.2) is 36.9 Å². The number of nitrogens with zero attached hydrogens (tertiary/aromatic N) is 1. The van der Waals surface area contributed by atoms with Crippen LogP contribution in [0.25, 0.3) is 0 Å². The first-order chi connectivity index (χ1) is 12.0. The second kappa shape index (κ2) is 9.20. The molecule has 0 saturated carbocycles. The fourth-order valence-electron chi connectivity index (χ4n) is 2.30. The smallest absolute Gasteiger partial charge is 0.238 e. The largest absolute Gasteiger partial charge is 0.325 e. The molecule has 0 atom stereocenters. The molecule has 6 heteroatoms. The van der Waals surface area contributed by atoms with Crippen molar-refractivity contribution in [3.8, 4) is 0 Å². The maximum absolute atomic E-state index is 12.1. The summed E-state index contributed by atoms with van der Waals surface area (Å²) >= 11 is 5.81. The predicted molar refractivity (Wildman–Crippen MR) is 102 cm³/mol. The van der Waals surface area contributed by atoms with E-state index in [4.69, 9.17) is 11.6 Å². The first kappa shape index (κ1) is 19.0. The van der Waals surface area contributed by atoms with Gasteiger partial charge in [0.2, 0.25) is 11.8 Å². The summed E-state index contributed by atoms with van der Waals surface area (Å²) in [5.74, 6) is -0.351. The van der Waals surface area contributed by atoms with Gasteiger partial charge in [0.05, 0.1) is 13.1 Å². The third-order valence-corrected chi connectivity index (χ3v) is 3.85. The van der Waals surface area contributed by atoms with Crippen LogP contribution in [0.5, 0.6) is 0 Å². The van der Waals surface area contributed by atoms with Gasteiger partial charge in [0.25, 0.3) is 0 Å². The quantitative estimate of drug-likeness (QED) is 0.796. The number of nitrogens with one attached hydrogen (secondary N) is 2. The molecule has 0 fully saturated rings. The molecule has 132 valence electrons. The van der Waals surface area contributed by atoms with Crippen LogP contribution < -0.4 is 10.6 Å². The second-order valence-corrected chi connectivity index (χ2v) is 6.26. The van der Waals surface area contributed by atoms with E-state index in [2.05, 4.69) is 17.6 Å². The Morgan fingerprint density at radius 2 is 1.32 bits per heavy atom. The molecule has 0 radical (unpaired) electrons. The summed E-state index contributed by atoms with van der Waals surface area (Å²) in [7, 11) is 1.72. The lowest BCUT2D eigenvalue weighted by molar-refractivity contribution is -0.119. The first-order valence-corrected chi connectivity index (χ1v) is 8.47. The Morgan fingerprint density at radius 3 is 1.76 bits per heavy atom. The molecule has 0 aliphatic carbocycles. The van der Waals surface area contributed by atoms with Crippen LogP contribution in [0.3, 0.4) is 0 Å². The van der Waals surface area contributed by atoms with Gasteiger partial charge in [-0.25, -0.2) is 0 Å². The Bertz CT molecular complexity index is 714. The number of likely N-dealkylation sites (N-methyl/N-ethyl adjacent to an activating group) is 1. The number of anilines is 2. The molecular formula is C19H22ClN3O2. The van der Waals surface area contributed by atoms with Gasteiger partial charge in [-0.15, -0.1) is 0 Å². The Balaban J connectivity index is 1.77. The van der Waals surface area contributed by atoms with Crippen LogP contribution in [0.15, 0.2) is 48.5 Å². The van der Waals surface area contributed by atoms with E-state index in [1.807, 2.05) is 24.3 Å². The molecule has 0 unspecified atom stereocenters. The van der Waals surface area contributed by atoms with Crippen LogP contribution in [0.2, 0.25) is 5.02 Å². The van der Waals surface area contributed by atoms with E-state index in [0.717, 1.165) is 12.1 Å². The number of halogens is 1. The number of benzene rings is 2. The lowest BCUT2D eigenvalue weighted by atomic mass is 10.1.